The zero-order valence-corrected chi connectivity index (χ0v) is 36.5. The average molecular weight is 989 g/mol. The van der Waals surface area contributed by atoms with E-state index in [1.807, 2.05) is 6.07 Å². The number of pyridine rings is 4. The number of carbonyl (C=O) groups is 3. The van der Waals surface area contributed by atoms with Gasteiger partial charge in [-0.2, -0.15) is 18.3 Å². The standard InChI is InChI=1S/C23H25F3N3O2S.C18H11N3O6.CNS.Ru/c1-2-3-4-5-6-7-8-18-20-21(31-12-11-30-20)22(32-18)15-9-10-16(27-14-15)17-13-19(29-28-17)23(24,25)26;22-16(23)9-1-3-19-12(5-9)14-7-11(18(26)27)8-15(21-14)13-6-10(17(24)25)2-4-20-13;2-1-3;/h9-10,13-14H,2-8,11-12H2,1H3;1-8H,(H,22,23)(H,24,25)(H,26,27);;/q-1;;-1;+2. The largest absolute Gasteiger partial charge is 2.00 e. The van der Waals surface area contributed by atoms with Crippen molar-refractivity contribution in [3.63, 3.8) is 0 Å². The number of thiophene rings is 1. The molecule has 0 saturated heterocycles. The molecule has 328 valence electrons. The second-order valence-electron chi connectivity index (χ2n) is 13.3. The third-order valence-electron chi connectivity index (χ3n) is 8.95. The van der Waals surface area contributed by atoms with Gasteiger partial charge in [0.05, 0.1) is 49.2 Å². The molecule has 6 aromatic heterocycles. The Balaban J connectivity index is 0.000000260. The van der Waals surface area contributed by atoms with E-state index in [0.717, 1.165) is 40.8 Å². The zero-order chi connectivity index (χ0) is 44.8. The predicted molar refractivity (Wildman–Crippen MR) is 225 cm³/mol. The smallest absolute Gasteiger partial charge is 0.753 e. The summed E-state index contributed by atoms with van der Waals surface area (Å²) in [7, 11) is 0. The third kappa shape index (κ3) is 13.4. The molecule has 15 nitrogen and oxygen atoms in total. The average Bonchev–Trinajstić information content (AvgIpc) is 3.92. The van der Waals surface area contributed by atoms with Gasteiger partial charge in [0.1, 0.15) is 18.9 Å². The predicted octanol–water partition coefficient (Wildman–Crippen LogP) is 9.48. The second-order valence-corrected chi connectivity index (χ2v) is 14.6. The number of carboxylic acid groups (broad SMARTS) is 3. The molecule has 0 bridgehead atoms. The van der Waals surface area contributed by atoms with Crippen LogP contribution in [0.4, 0.5) is 13.2 Å². The molecular weight excluding hydrogens is 953 g/mol. The Hall–Kier alpha value is -6.27. The molecule has 0 aliphatic carbocycles. The Morgan fingerprint density at radius 3 is 1.83 bits per heavy atom. The molecule has 21 heteroatoms. The van der Waals surface area contributed by atoms with Crippen LogP contribution in [-0.2, 0) is 32.1 Å². The molecule has 0 amide bonds. The number of nitrogens with zero attached hydrogens (tertiary/aromatic N) is 7. The first-order chi connectivity index (χ1) is 29.7. The first-order valence-corrected chi connectivity index (χ1v) is 20.1. The van der Waals surface area contributed by atoms with Gasteiger partial charge in [-0.05, 0) is 67.4 Å². The topological polar surface area (TPSA) is 231 Å². The number of carboxylic acids is 3. The van der Waals surface area contributed by atoms with Crippen LogP contribution in [0.3, 0.4) is 0 Å². The van der Waals surface area contributed by atoms with Gasteiger partial charge in [0, 0.05) is 29.8 Å². The summed E-state index contributed by atoms with van der Waals surface area (Å²) in [6, 6.07) is 12.0. The number of aryl methyl sites for hydroxylation is 1. The molecule has 1 aliphatic rings. The fourth-order valence-electron chi connectivity index (χ4n) is 5.99. The van der Waals surface area contributed by atoms with Crippen molar-refractivity contribution >= 4 is 46.6 Å². The Kier molecular flexibility index (Phi) is 18.2. The van der Waals surface area contributed by atoms with E-state index in [-0.39, 0.29) is 64.6 Å². The number of fused-ring (bicyclic) bond motifs is 1. The maximum atomic E-state index is 12.8. The fraction of sp³-hybridized carbons (Fsp3) is 0.262. The number of hydrogen-bond acceptors (Lipinski definition) is 12. The van der Waals surface area contributed by atoms with Gasteiger partial charge in [0.25, 0.3) is 0 Å². The van der Waals surface area contributed by atoms with E-state index < -0.39 is 29.8 Å². The quantitative estimate of drug-likeness (QED) is 0.0399. The number of hydrogen-bond donors (Lipinski definition) is 3. The van der Waals surface area contributed by atoms with E-state index in [2.05, 4.69) is 49.3 Å². The Bertz CT molecular complexity index is 2490. The van der Waals surface area contributed by atoms with Crippen LogP contribution >= 0.6 is 23.6 Å². The number of isothiocyanates is 1. The second kappa shape index (κ2) is 23.3. The van der Waals surface area contributed by atoms with Crippen molar-refractivity contribution in [3.8, 4) is 56.1 Å². The molecule has 0 atom stereocenters. The Morgan fingerprint density at radius 1 is 0.778 bits per heavy atom. The minimum Gasteiger partial charge on any atom is -0.753 e. The van der Waals surface area contributed by atoms with Crippen LogP contribution in [0.15, 0.2) is 73.2 Å². The van der Waals surface area contributed by atoms with Crippen LogP contribution in [0.1, 0.15) is 87.1 Å². The normalized spacial score (nSPS) is 11.4. The first-order valence-electron chi connectivity index (χ1n) is 18.9. The van der Waals surface area contributed by atoms with E-state index in [1.165, 1.54) is 90.9 Å². The number of thiocarbonyl (C=S) groups is 1. The SMILES string of the molecule is CCCCCCCCc1sc(-c2ccc(-c3cc(C(F)(F)F)n[n-]3)nc2)c2c1OCCO2.O=C(O)c1ccnc(-c2cc(C(=O)O)cc(-c3cc(C(=O)O)ccn3)n2)c1.[N-]=C=S.[Ru+2]. The Labute approximate surface area is 380 Å². The maximum absolute atomic E-state index is 12.8. The summed E-state index contributed by atoms with van der Waals surface area (Å²) >= 11 is 5.34. The minimum absolute atomic E-state index is 0. The molecule has 7 heterocycles. The number of ether oxygens (including phenoxy) is 2. The number of aromatic carboxylic acids is 3. The number of alkyl halides is 3. The van der Waals surface area contributed by atoms with Gasteiger partial charge in [-0.3, -0.25) is 15.0 Å². The van der Waals surface area contributed by atoms with Crippen molar-refractivity contribution in [1.82, 2.24) is 30.1 Å². The van der Waals surface area contributed by atoms with E-state index in [9.17, 15) is 32.7 Å². The number of rotatable bonds is 14. The molecule has 0 aromatic carbocycles. The summed E-state index contributed by atoms with van der Waals surface area (Å²) in [6.07, 6.45) is 7.95. The summed E-state index contributed by atoms with van der Waals surface area (Å²) in [5.74, 6) is -1.99. The van der Waals surface area contributed by atoms with Crippen molar-refractivity contribution < 1.29 is 71.8 Å². The van der Waals surface area contributed by atoms with Gasteiger partial charge >= 0.3 is 43.6 Å². The summed E-state index contributed by atoms with van der Waals surface area (Å²) in [5, 5.41) is 42.9. The summed E-state index contributed by atoms with van der Waals surface area (Å²) in [6.45, 7) is 3.23. The van der Waals surface area contributed by atoms with Gasteiger partial charge in [-0.25, -0.2) is 19.4 Å². The van der Waals surface area contributed by atoms with Gasteiger partial charge in [0.2, 0.25) is 0 Å². The van der Waals surface area contributed by atoms with E-state index in [1.54, 1.807) is 23.6 Å². The molecule has 3 N–H and O–H groups in total. The molecule has 0 spiro atoms. The molecular formula is C42H36F3N7O8RuS2. The van der Waals surface area contributed by atoms with Crippen molar-refractivity contribution in [2.75, 3.05) is 13.2 Å². The van der Waals surface area contributed by atoms with Crippen molar-refractivity contribution in [2.24, 2.45) is 0 Å². The number of aromatic nitrogens is 6. The molecule has 63 heavy (non-hydrogen) atoms. The van der Waals surface area contributed by atoms with Crippen LogP contribution < -0.4 is 14.6 Å². The number of halogens is 3. The monoisotopic (exact) mass is 989 g/mol. The zero-order valence-electron chi connectivity index (χ0n) is 33.1. The molecule has 1 aliphatic heterocycles. The van der Waals surface area contributed by atoms with Crippen LogP contribution in [0.2, 0.25) is 0 Å². The van der Waals surface area contributed by atoms with E-state index >= 15 is 0 Å². The molecule has 6 aromatic rings. The maximum Gasteiger partial charge on any atom is 2.00 e. The van der Waals surface area contributed by atoms with Gasteiger partial charge < -0.3 is 40.4 Å². The van der Waals surface area contributed by atoms with Crippen molar-refractivity contribution in [2.45, 2.75) is 58.0 Å². The van der Waals surface area contributed by atoms with Crippen LogP contribution in [0.25, 0.3) is 50.0 Å². The first kappa shape index (κ1) is 49.4. The van der Waals surface area contributed by atoms with Gasteiger partial charge in [-0.1, -0.05) is 56.9 Å². The molecule has 0 unspecified atom stereocenters. The summed E-state index contributed by atoms with van der Waals surface area (Å²) in [5.41, 5.74) is 0.631. The molecule has 0 fully saturated rings. The third-order valence-corrected chi connectivity index (χ3v) is 10.2. The van der Waals surface area contributed by atoms with Gasteiger partial charge in [0.15, 0.2) is 11.5 Å². The van der Waals surface area contributed by atoms with Crippen LogP contribution in [-0.4, -0.2) is 76.6 Å². The Morgan fingerprint density at radius 2 is 1.32 bits per heavy atom. The molecule has 0 saturated carbocycles. The molecule has 7 rings (SSSR count). The van der Waals surface area contributed by atoms with Crippen LogP contribution in [0.5, 0.6) is 11.5 Å². The fourth-order valence-corrected chi connectivity index (χ4v) is 7.21. The van der Waals surface area contributed by atoms with E-state index in [4.69, 9.17) is 25.1 Å². The number of unbranched alkanes of at least 4 members (excludes halogenated alkanes) is 5. The minimum atomic E-state index is -4.52. The van der Waals surface area contributed by atoms with Crippen LogP contribution in [0, 0.1) is 0 Å². The van der Waals surface area contributed by atoms with Crippen molar-refractivity contribution in [3.05, 3.63) is 106 Å². The summed E-state index contributed by atoms with van der Waals surface area (Å²) in [4.78, 5) is 52.5. The van der Waals surface area contributed by atoms with E-state index in [0.29, 0.717) is 18.9 Å². The van der Waals surface area contributed by atoms with Crippen molar-refractivity contribution in [1.29, 1.82) is 0 Å². The van der Waals surface area contributed by atoms with Gasteiger partial charge in [-0.15, -0.1) is 11.3 Å². The summed E-state index contributed by atoms with van der Waals surface area (Å²) < 4.78 is 50.2. The molecule has 0 radical (unpaired) electrons.